The van der Waals surface area contributed by atoms with E-state index >= 15 is 0 Å². The molecule has 0 heterocycles. The van der Waals surface area contributed by atoms with Crippen molar-refractivity contribution >= 4 is 11.6 Å². The number of alkyl halides is 1. The standard InChI is InChI=1S/C11H25ClN/c1-4-6-9-13(3,11-8-12)10-7-5-2/h4-11H2,1-3H3/q+1. The molecule has 80 valence electrons. The van der Waals surface area contributed by atoms with Gasteiger partial charge in [-0.25, -0.2) is 0 Å². The lowest BCUT2D eigenvalue weighted by molar-refractivity contribution is -0.907. The first-order valence-corrected chi connectivity index (χ1v) is 6.11. The Hall–Kier alpha value is 0.250. The fourth-order valence-electron chi connectivity index (χ4n) is 1.62. The van der Waals surface area contributed by atoms with Crippen molar-refractivity contribution in [1.82, 2.24) is 0 Å². The summed E-state index contributed by atoms with van der Waals surface area (Å²) in [6, 6.07) is 0. The largest absolute Gasteiger partial charge is 0.325 e. The van der Waals surface area contributed by atoms with E-state index in [0.29, 0.717) is 0 Å². The van der Waals surface area contributed by atoms with Crippen LogP contribution in [-0.4, -0.2) is 37.0 Å². The molecule has 0 aliphatic rings. The Morgan fingerprint density at radius 3 is 1.69 bits per heavy atom. The van der Waals surface area contributed by atoms with Gasteiger partial charge in [-0.05, 0) is 12.8 Å². The molecule has 1 nitrogen and oxygen atoms in total. The second-order valence-electron chi connectivity index (χ2n) is 4.19. The van der Waals surface area contributed by atoms with Crippen LogP contribution in [0.4, 0.5) is 0 Å². The Morgan fingerprint density at radius 2 is 1.38 bits per heavy atom. The van der Waals surface area contributed by atoms with Crippen molar-refractivity contribution in [2.45, 2.75) is 39.5 Å². The minimum Gasteiger partial charge on any atom is -0.325 e. The molecule has 0 spiro atoms. The summed E-state index contributed by atoms with van der Waals surface area (Å²) in [5.41, 5.74) is 0. The number of hydrogen-bond donors (Lipinski definition) is 0. The minimum atomic E-state index is 0.796. The predicted octanol–water partition coefficient (Wildman–Crippen LogP) is 3.27. The molecule has 0 aromatic carbocycles. The lowest BCUT2D eigenvalue weighted by Crippen LogP contribution is -2.46. The number of quaternary nitrogens is 1. The molecule has 0 aromatic rings. The van der Waals surface area contributed by atoms with Crippen LogP contribution in [0.2, 0.25) is 0 Å². The van der Waals surface area contributed by atoms with Gasteiger partial charge < -0.3 is 4.48 Å². The van der Waals surface area contributed by atoms with E-state index in [1.807, 2.05) is 0 Å². The van der Waals surface area contributed by atoms with Gasteiger partial charge in [-0.1, -0.05) is 26.7 Å². The van der Waals surface area contributed by atoms with E-state index in [4.69, 9.17) is 11.6 Å². The topological polar surface area (TPSA) is 0 Å². The number of rotatable bonds is 8. The molecule has 0 saturated heterocycles. The van der Waals surface area contributed by atoms with Crippen molar-refractivity contribution in [2.24, 2.45) is 0 Å². The third-order valence-electron chi connectivity index (χ3n) is 2.73. The van der Waals surface area contributed by atoms with Crippen LogP contribution in [0.15, 0.2) is 0 Å². The fourth-order valence-corrected chi connectivity index (χ4v) is 2.03. The summed E-state index contributed by atoms with van der Waals surface area (Å²) in [5.74, 6) is 0.796. The Bertz CT molecular complexity index is 107. The van der Waals surface area contributed by atoms with Crippen molar-refractivity contribution in [3.63, 3.8) is 0 Å². The van der Waals surface area contributed by atoms with Gasteiger partial charge in [0.05, 0.1) is 32.6 Å². The van der Waals surface area contributed by atoms with Crippen molar-refractivity contribution in [3.05, 3.63) is 0 Å². The summed E-state index contributed by atoms with van der Waals surface area (Å²) >= 11 is 5.83. The smallest absolute Gasteiger partial charge is 0.0922 e. The summed E-state index contributed by atoms with van der Waals surface area (Å²) < 4.78 is 1.17. The van der Waals surface area contributed by atoms with Crippen LogP contribution in [-0.2, 0) is 0 Å². The maximum Gasteiger partial charge on any atom is 0.0922 e. The lowest BCUT2D eigenvalue weighted by atomic mass is 10.2. The Morgan fingerprint density at radius 1 is 0.923 bits per heavy atom. The van der Waals surface area contributed by atoms with Crippen molar-refractivity contribution in [2.75, 3.05) is 32.6 Å². The van der Waals surface area contributed by atoms with Crippen LogP contribution in [0.3, 0.4) is 0 Å². The van der Waals surface area contributed by atoms with E-state index in [0.717, 1.165) is 12.4 Å². The molecule has 0 aliphatic carbocycles. The highest BCUT2D eigenvalue weighted by atomic mass is 35.5. The predicted molar refractivity (Wildman–Crippen MR) is 61.3 cm³/mol. The van der Waals surface area contributed by atoms with Gasteiger partial charge in [0.25, 0.3) is 0 Å². The average molecular weight is 207 g/mol. The van der Waals surface area contributed by atoms with Crippen LogP contribution in [0.5, 0.6) is 0 Å². The highest BCUT2D eigenvalue weighted by Crippen LogP contribution is 2.08. The third kappa shape index (κ3) is 6.34. The SMILES string of the molecule is CCCC[N+](C)(CCCl)CCCC. The first kappa shape index (κ1) is 13.2. The van der Waals surface area contributed by atoms with Gasteiger partial charge in [-0.3, -0.25) is 0 Å². The molecule has 0 atom stereocenters. The first-order valence-electron chi connectivity index (χ1n) is 5.58. The van der Waals surface area contributed by atoms with Gasteiger partial charge in [0.1, 0.15) is 0 Å². The fraction of sp³-hybridized carbons (Fsp3) is 1.00. The molecule has 0 amide bonds. The van der Waals surface area contributed by atoms with Crippen LogP contribution < -0.4 is 0 Å². The molecule has 0 rings (SSSR count). The monoisotopic (exact) mass is 206 g/mol. The van der Waals surface area contributed by atoms with Crippen LogP contribution in [0.1, 0.15) is 39.5 Å². The second kappa shape index (κ2) is 7.64. The normalized spacial score (nSPS) is 12.0. The molecule has 0 fully saturated rings. The van der Waals surface area contributed by atoms with Gasteiger partial charge >= 0.3 is 0 Å². The molecule has 0 radical (unpaired) electrons. The molecule has 0 saturated carbocycles. The number of unbranched alkanes of at least 4 members (excludes halogenated alkanes) is 2. The lowest BCUT2D eigenvalue weighted by Gasteiger charge is -2.34. The number of hydrogen-bond acceptors (Lipinski definition) is 0. The van der Waals surface area contributed by atoms with Crippen molar-refractivity contribution < 1.29 is 4.48 Å². The van der Waals surface area contributed by atoms with E-state index < -0.39 is 0 Å². The van der Waals surface area contributed by atoms with Crippen LogP contribution in [0.25, 0.3) is 0 Å². The summed E-state index contributed by atoms with van der Waals surface area (Å²) in [7, 11) is 2.34. The molecule has 0 aromatic heterocycles. The zero-order valence-electron chi connectivity index (χ0n) is 9.48. The van der Waals surface area contributed by atoms with E-state index in [9.17, 15) is 0 Å². The van der Waals surface area contributed by atoms with Gasteiger partial charge in [-0.15, -0.1) is 11.6 Å². The summed E-state index contributed by atoms with van der Waals surface area (Å²) in [6.45, 7) is 8.23. The highest BCUT2D eigenvalue weighted by molar-refractivity contribution is 6.17. The Labute approximate surface area is 88.7 Å². The minimum absolute atomic E-state index is 0.796. The average Bonchev–Trinajstić information content (AvgIpc) is 2.12. The van der Waals surface area contributed by atoms with E-state index in [-0.39, 0.29) is 0 Å². The second-order valence-corrected chi connectivity index (χ2v) is 4.56. The van der Waals surface area contributed by atoms with Gasteiger partial charge in [0, 0.05) is 0 Å². The Balaban J connectivity index is 3.84. The third-order valence-corrected chi connectivity index (χ3v) is 2.90. The van der Waals surface area contributed by atoms with E-state index in [1.165, 1.54) is 43.3 Å². The van der Waals surface area contributed by atoms with Gasteiger partial charge in [0.15, 0.2) is 0 Å². The molecule has 0 N–H and O–H groups in total. The molecule has 0 unspecified atom stereocenters. The zero-order valence-corrected chi connectivity index (χ0v) is 10.2. The maximum absolute atomic E-state index is 5.83. The number of nitrogens with zero attached hydrogens (tertiary/aromatic N) is 1. The molecular weight excluding hydrogens is 182 g/mol. The molecule has 0 aliphatic heterocycles. The quantitative estimate of drug-likeness (QED) is 0.423. The number of halogens is 1. The van der Waals surface area contributed by atoms with Crippen LogP contribution >= 0.6 is 11.6 Å². The maximum atomic E-state index is 5.83. The summed E-state index contributed by atoms with van der Waals surface area (Å²) in [4.78, 5) is 0. The first-order chi connectivity index (χ1) is 6.18. The van der Waals surface area contributed by atoms with Crippen molar-refractivity contribution in [3.8, 4) is 0 Å². The summed E-state index contributed by atoms with van der Waals surface area (Å²) in [6.07, 6.45) is 5.25. The molecular formula is C11H25ClN+. The Kier molecular flexibility index (Phi) is 7.78. The zero-order chi connectivity index (χ0) is 10.2. The molecule has 0 bridgehead atoms. The van der Waals surface area contributed by atoms with E-state index in [2.05, 4.69) is 20.9 Å². The summed E-state index contributed by atoms with van der Waals surface area (Å²) in [5, 5.41) is 0. The van der Waals surface area contributed by atoms with Gasteiger partial charge in [0.2, 0.25) is 0 Å². The highest BCUT2D eigenvalue weighted by Gasteiger charge is 2.18. The van der Waals surface area contributed by atoms with Crippen molar-refractivity contribution in [1.29, 1.82) is 0 Å². The van der Waals surface area contributed by atoms with Gasteiger partial charge in [-0.2, -0.15) is 0 Å². The van der Waals surface area contributed by atoms with Crippen LogP contribution in [0, 0.1) is 0 Å². The molecule has 13 heavy (non-hydrogen) atoms. The van der Waals surface area contributed by atoms with E-state index in [1.54, 1.807) is 0 Å². The molecule has 2 heteroatoms.